The van der Waals surface area contributed by atoms with E-state index in [1.54, 1.807) is 8.87 Å². The van der Waals surface area contributed by atoms with E-state index in [0.717, 1.165) is 37.8 Å². The van der Waals surface area contributed by atoms with Gasteiger partial charge in [0.05, 0.1) is 25.2 Å². The van der Waals surface area contributed by atoms with E-state index in [1.807, 2.05) is 13.8 Å². The summed E-state index contributed by atoms with van der Waals surface area (Å²) in [7, 11) is 0. The van der Waals surface area contributed by atoms with Crippen LogP contribution in [0.4, 0.5) is 0 Å². The zero-order valence-corrected chi connectivity index (χ0v) is 23.4. The first-order valence-corrected chi connectivity index (χ1v) is 15.6. The number of carbonyl (C=O) groups excluding carboxylic acids is 4. The van der Waals surface area contributed by atoms with Gasteiger partial charge in [0.2, 0.25) is 0 Å². The molecule has 8 nitrogen and oxygen atoms in total. The minimum absolute atomic E-state index is 0.149. The van der Waals surface area contributed by atoms with Crippen molar-refractivity contribution in [3.63, 3.8) is 0 Å². The van der Waals surface area contributed by atoms with Crippen LogP contribution in [0.5, 0.6) is 0 Å². The van der Waals surface area contributed by atoms with E-state index >= 15 is 0 Å². The monoisotopic (exact) mass is 576 g/mol. The average Bonchev–Trinajstić information content (AvgIpc) is 2.77. The van der Waals surface area contributed by atoms with Gasteiger partial charge in [0.15, 0.2) is 0 Å². The first-order chi connectivity index (χ1) is 15.7. The van der Waals surface area contributed by atoms with E-state index in [1.165, 1.54) is 25.7 Å². The summed E-state index contributed by atoms with van der Waals surface area (Å²) < 4.78 is 12.5. The second kappa shape index (κ2) is 30.2. The van der Waals surface area contributed by atoms with Crippen molar-refractivity contribution in [3.05, 3.63) is 24.3 Å². The summed E-state index contributed by atoms with van der Waals surface area (Å²) in [6.45, 7) is 9.16. The predicted molar refractivity (Wildman–Crippen MR) is 125 cm³/mol. The first kappa shape index (κ1) is 35.7. The third-order valence-electron chi connectivity index (χ3n) is 3.61. The maximum atomic E-state index is 10.6. The third kappa shape index (κ3) is 41.0. The van der Waals surface area contributed by atoms with Crippen LogP contribution in [0.25, 0.3) is 0 Å². The molecule has 0 aromatic heterocycles. The van der Waals surface area contributed by atoms with Crippen LogP contribution < -0.4 is 10.2 Å². The molecule has 0 amide bonds. The zero-order chi connectivity index (χ0) is 25.7. The Kier molecular flexibility index (Phi) is 32.7. The Morgan fingerprint density at radius 3 is 1.21 bits per heavy atom. The normalized spacial score (nSPS) is 9.82. The standard InChI is InChI=1S/2C8H12O4.2C4H9.Sn/c2*1-2-3-6-12-8(11)5-4-7(9)10;2*1-3-4-2;/h2*4-5H,2-3,6H2,1H3,(H,9,10);2*1,3-4H2,2H3;/q;;;;+2/p-2/b2*5-4-;;;. The molecule has 0 aliphatic heterocycles. The minimum atomic E-state index is -1.40. The predicted octanol–water partition coefficient (Wildman–Crippen LogP) is 2.40. The number of hydrogen-bond acceptors (Lipinski definition) is 8. The molecule has 0 N–H and O–H groups in total. The van der Waals surface area contributed by atoms with E-state index in [9.17, 15) is 29.4 Å². The number of aliphatic carboxylic acids is 2. The number of rotatable bonds is 16. The van der Waals surface area contributed by atoms with Crippen LogP contribution in [0.3, 0.4) is 0 Å². The molecule has 0 unspecified atom stereocenters. The molecular formula is C24H40O8Sn. The van der Waals surface area contributed by atoms with Crippen molar-refractivity contribution in [3.8, 4) is 0 Å². The fourth-order valence-electron chi connectivity index (χ4n) is 1.73. The maximum absolute atomic E-state index is 10.6. The summed E-state index contributed by atoms with van der Waals surface area (Å²) >= 11 is 0.149. The summed E-state index contributed by atoms with van der Waals surface area (Å²) in [6, 6.07) is 0. The Labute approximate surface area is 209 Å². The van der Waals surface area contributed by atoms with Gasteiger partial charge in [-0.15, -0.1) is 0 Å². The summed E-state index contributed by atoms with van der Waals surface area (Å²) in [5, 5.41) is 19.7. The molecule has 0 rings (SSSR count). The number of carboxylic acids is 2. The first-order valence-electron chi connectivity index (χ1n) is 11.6. The van der Waals surface area contributed by atoms with Crippen molar-refractivity contribution in [2.24, 2.45) is 0 Å². The second-order valence-corrected chi connectivity index (χ2v) is 11.1. The van der Waals surface area contributed by atoms with E-state index in [0.29, 0.717) is 25.4 Å². The summed E-state index contributed by atoms with van der Waals surface area (Å²) in [5.74, 6) is -4.09. The molecule has 0 saturated carbocycles. The van der Waals surface area contributed by atoms with Crippen LogP contribution in [-0.4, -0.2) is 58.2 Å². The van der Waals surface area contributed by atoms with Gasteiger partial charge in [-0.1, -0.05) is 26.7 Å². The van der Waals surface area contributed by atoms with Gasteiger partial charge in [-0.3, -0.25) is 0 Å². The van der Waals surface area contributed by atoms with Crippen LogP contribution in [0.15, 0.2) is 24.3 Å². The molecule has 0 aromatic rings. The van der Waals surface area contributed by atoms with E-state index in [2.05, 4.69) is 23.3 Å². The molecule has 33 heavy (non-hydrogen) atoms. The van der Waals surface area contributed by atoms with Gasteiger partial charge in [-0.2, -0.15) is 0 Å². The van der Waals surface area contributed by atoms with Crippen LogP contribution in [0.2, 0.25) is 8.87 Å². The van der Waals surface area contributed by atoms with Gasteiger partial charge in [-0.05, 0) is 25.0 Å². The molecule has 9 heteroatoms. The van der Waals surface area contributed by atoms with Crippen LogP contribution in [0, 0.1) is 0 Å². The molecule has 0 heterocycles. The van der Waals surface area contributed by atoms with Crippen LogP contribution in [-0.2, 0) is 28.7 Å². The molecule has 0 radical (unpaired) electrons. The molecule has 0 spiro atoms. The van der Waals surface area contributed by atoms with Gasteiger partial charge in [0.25, 0.3) is 0 Å². The summed E-state index contributed by atoms with van der Waals surface area (Å²) in [6.07, 6.45) is 12.2. The van der Waals surface area contributed by atoms with E-state index in [-0.39, 0.29) is 21.1 Å². The van der Waals surface area contributed by atoms with Gasteiger partial charge >= 0.3 is 81.5 Å². The van der Waals surface area contributed by atoms with Crippen LogP contribution >= 0.6 is 0 Å². The fraction of sp³-hybridized carbons (Fsp3) is 0.667. The Hall–Kier alpha value is -1.84. The van der Waals surface area contributed by atoms with Crippen LogP contribution in [0.1, 0.15) is 79.1 Å². The van der Waals surface area contributed by atoms with Crippen molar-refractivity contribution in [1.82, 2.24) is 0 Å². The van der Waals surface area contributed by atoms with Gasteiger partial charge in [0.1, 0.15) is 0 Å². The van der Waals surface area contributed by atoms with Crippen molar-refractivity contribution in [1.29, 1.82) is 0 Å². The topological polar surface area (TPSA) is 133 Å². The average molecular weight is 575 g/mol. The quantitative estimate of drug-likeness (QED) is 0.119. The molecule has 0 aromatic carbocycles. The molecule has 0 bridgehead atoms. The molecular weight excluding hydrogens is 535 g/mol. The number of carbonyl (C=O) groups is 4. The van der Waals surface area contributed by atoms with Crippen molar-refractivity contribution >= 4 is 45.0 Å². The summed E-state index contributed by atoms with van der Waals surface area (Å²) in [5.41, 5.74) is 0. The number of hydrogen-bond donors (Lipinski definition) is 0. The van der Waals surface area contributed by atoms with Crippen molar-refractivity contribution in [2.45, 2.75) is 87.9 Å². The third-order valence-corrected chi connectivity index (χ3v) is 7.65. The Morgan fingerprint density at radius 1 is 0.606 bits per heavy atom. The molecule has 0 fully saturated rings. The number of esters is 2. The summed E-state index contributed by atoms with van der Waals surface area (Å²) in [4.78, 5) is 40.9. The number of carboxylic acid groups (broad SMARTS) is 2. The van der Waals surface area contributed by atoms with Gasteiger partial charge in [0, 0.05) is 12.2 Å². The molecule has 0 aliphatic carbocycles. The molecule has 0 saturated heterocycles. The Bertz CT molecular complexity index is 511. The van der Waals surface area contributed by atoms with Crippen molar-refractivity contribution < 1.29 is 38.9 Å². The molecule has 188 valence electrons. The number of unbranched alkanes of at least 4 members (excludes halogenated alkanes) is 4. The molecule has 0 atom stereocenters. The number of ether oxygens (including phenoxy) is 2. The fourth-order valence-corrected chi connectivity index (χ4v) is 5.89. The Balaban J connectivity index is -0.000000414. The van der Waals surface area contributed by atoms with Gasteiger partial charge < -0.3 is 29.3 Å². The van der Waals surface area contributed by atoms with Gasteiger partial charge in [-0.25, -0.2) is 9.59 Å². The molecule has 0 aliphatic rings. The SMILES string of the molecule is CCCCOC(=O)/C=C\C(=O)[O-].CCCCOC(=O)/C=C\C(=O)[O-].CCC[CH2][Sn+2][CH2]CCC. The van der Waals surface area contributed by atoms with E-state index in [4.69, 9.17) is 0 Å². The Morgan fingerprint density at radius 2 is 0.939 bits per heavy atom. The zero-order valence-electron chi connectivity index (χ0n) is 20.6. The van der Waals surface area contributed by atoms with E-state index < -0.39 is 23.9 Å². The van der Waals surface area contributed by atoms with Crippen molar-refractivity contribution in [2.75, 3.05) is 13.2 Å². The second-order valence-electron chi connectivity index (χ2n) is 6.80.